The molecule has 0 bridgehead atoms. The smallest absolute Gasteiger partial charge is 0.303 e. The zero-order valence-electron chi connectivity index (χ0n) is 13.8. The van der Waals surface area contributed by atoms with Gasteiger partial charge in [-0.2, -0.15) is 0 Å². The molecule has 0 fully saturated rings. The molecule has 25 heavy (non-hydrogen) atoms. The Morgan fingerprint density at radius 1 is 0.960 bits per heavy atom. The van der Waals surface area contributed by atoms with Crippen molar-refractivity contribution in [1.29, 1.82) is 0 Å². The monoisotopic (exact) mass is 340 g/mol. The summed E-state index contributed by atoms with van der Waals surface area (Å²) in [6.45, 7) is 1.46. The van der Waals surface area contributed by atoms with Gasteiger partial charge in [0.15, 0.2) is 0 Å². The van der Waals surface area contributed by atoms with E-state index < -0.39 is 23.6 Å². The first-order valence-corrected chi connectivity index (χ1v) is 7.65. The van der Waals surface area contributed by atoms with Gasteiger partial charge < -0.3 is 14.2 Å². The van der Waals surface area contributed by atoms with E-state index in [1.807, 2.05) is 24.3 Å². The normalized spacial score (nSPS) is 15.7. The molecule has 0 aliphatic heterocycles. The summed E-state index contributed by atoms with van der Waals surface area (Å²) in [4.78, 5) is 35.5. The van der Waals surface area contributed by atoms with E-state index in [1.54, 1.807) is 13.2 Å². The molecule has 0 saturated heterocycles. The molecule has 0 N–H and O–H groups in total. The second-order valence-electron chi connectivity index (χ2n) is 5.56. The lowest BCUT2D eigenvalue weighted by Crippen LogP contribution is -2.27. The van der Waals surface area contributed by atoms with Crippen molar-refractivity contribution in [2.75, 3.05) is 7.11 Å². The van der Waals surface area contributed by atoms with Gasteiger partial charge in [-0.3, -0.25) is 14.4 Å². The molecular formula is C19H16O6. The lowest BCUT2D eigenvalue weighted by molar-refractivity contribution is -0.142. The first-order valence-electron chi connectivity index (χ1n) is 7.65. The van der Waals surface area contributed by atoms with Crippen LogP contribution in [0.2, 0.25) is 0 Å². The Morgan fingerprint density at radius 2 is 1.60 bits per heavy atom. The van der Waals surface area contributed by atoms with Gasteiger partial charge in [0.1, 0.15) is 18.1 Å². The molecule has 3 rings (SSSR count). The van der Waals surface area contributed by atoms with Crippen LogP contribution in [0.15, 0.2) is 42.5 Å². The third kappa shape index (κ3) is 3.38. The number of rotatable bonds is 5. The van der Waals surface area contributed by atoms with Crippen LogP contribution in [0.25, 0.3) is 0 Å². The first-order chi connectivity index (χ1) is 12.0. The third-order valence-corrected chi connectivity index (χ3v) is 3.85. The topological polar surface area (TPSA) is 78.9 Å². The summed E-state index contributed by atoms with van der Waals surface area (Å²) in [5.41, 5.74) is 1.39. The van der Waals surface area contributed by atoms with Crippen LogP contribution in [0.4, 0.5) is 0 Å². The molecule has 0 heterocycles. The van der Waals surface area contributed by atoms with Gasteiger partial charge in [-0.1, -0.05) is 12.1 Å². The number of benzene rings is 2. The summed E-state index contributed by atoms with van der Waals surface area (Å²) in [6.07, 6.45) is -1.38. The zero-order chi connectivity index (χ0) is 18.0. The highest BCUT2D eigenvalue weighted by Crippen LogP contribution is 2.28. The highest BCUT2D eigenvalue weighted by atomic mass is 16.5. The Hall–Kier alpha value is -3.15. The molecule has 0 saturated carbocycles. The minimum atomic E-state index is -1.38. The van der Waals surface area contributed by atoms with Crippen LogP contribution in [0, 0.1) is 0 Å². The summed E-state index contributed by atoms with van der Waals surface area (Å²) in [5, 5.41) is 0. The Labute approximate surface area is 144 Å². The lowest BCUT2D eigenvalue weighted by atomic mass is 10.1. The number of ether oxygens (including phenoxy) is 3. The van der Waals surface area contributed by atoms with Crippen LogP contribution in [0.1, 0.15) is 33.2 Å². The van der Waals surface area contributed by atoms with Gasteiger partial charge in [0.25, 0.3) is 0 Å². The molecule has 6 nitrogen and oxygen atoms in total. The second-order valence-corrected chi connectivity index (χ2v) is 5.56. The molecule has 128 valence electrons. The third-order valence-electron chi connectivity index (χ3n) is 3.85. The van der Waals surface area contributed by atoms with Crippen LogP contribution in [0.5, 0.6) is 11.5 Å². The molecule has 2 aromatic carbocycles. The van der Waals surface area contributed by atoms with Crippen LogP contribution in [-0.2, 0) is 16.1 Å². The van der Waals surface area contributed by atoms with Crippen molar-refractivity contribution in [2.45, 2.75) is 19.6 Å². The maximum atomic E-state index is 12.3. The van der Waals surface area contributed by atoms with Gasteiger partial charge in [-0.05, 0) is 35.9 Å². The van der Waals surface area contributed by atoms with E-state index in [1.165, 1.54) is 12.1 Å². The van der Waals surface area contributed by atoms with Crippen LogP contribution >= 0.6 is 0 Å². The maximum Gasteiger partial charge on any atom is 0.303 e. The molecule has 1 aliphatic carbocycles. The van der Waals surface area contributed by atoms with Crippen LogP contribution in [0.3, 0.4) is 0 Å². The summed E-state index contributed by atoms with van der Waals surface area (Å²) in [5.74, 6) is -0.487. The number of methoxy groups -OCH3 is 1. The van der Waals surface area contributed by atoms with E-state index in [0.29, 0.717) is 12.4 Å². The second kappa shape index (κ2) is 6.76. The van der Waals surface area contributed by atoms with E-state index in [0.717, 1.165) is 18.2 Å². The van der Waals surface area contributed by atoms with Crippen molar-refractivity contribution in [3.8, 4) is 11.5 Å². The molecule has 1 atom stereocenters. The quantitative estimate of drug-likeness (QED) is 0.615. The van der Waals surface area contributed by atoms with E-state index in [2.05, 4.69) is 0 Å². The summed E-state index contributed by atoms with van der Waals surface area (Å²) in [7, 11) is 1.59. The minimum Gasteiger partial charge on any atom is -0.497 e. The Morgan fingerprint density at radius 3 is 2.24 bits per heavy atom. The Balaban J connectivity index is 1.74. The molecular weight excluding hydrogens is 324 g/mol. The fourth-order valence-electron chi connectivity index (χ4n) is 2.59. The van der Waals surface area contributed by atoms with E-state index in [4.69, 9.17) is 14.2 Å². The van der Waals surface area contributed by atoms with Crippen molar-refractivity contribution in [1.82, 2.24) is 0 Å². The fraction of sp³-hybridized carbons (Fsp3) is 0.211. The number of hydrogen-bond donors (Lipinski definition) is 0. The highest BCUT2D eigenvalue weighted by Gasteiger charge is 2.41. The average Bonchev–Trinajstić information content (AvgIpc) is 2.84. The van der Waals surface area contributed by atoms with Gasteiger partial charge in [-0.15, -0.1) is 0 Å². The number of carbonyl (C=O) groups excluding carboxylic acids is 3. The van der Waals surface area contributed by atoms with Crippen molar-refractivity contribution in [3.05, 3.63) is 59.2 Å². The van der Waals surface area contributed by atoms with Crippen molar-refractivity contribution in [3.63, 3.8) is 0 Å². The largest absolute Gasteiger partial charge is 0.497 e. The van der Waals surface area contributed by atoms with Gasteiger partial charge >= 0.3 is 5.97 Å². The molecule has 0 radical (unpaired) electrons. The van der Waals surface area contributed by atoms with Crippen molar-refractivity contribution in [2.24, 2.45) is 0 Å². The van der Waals surface area contributed by atoms with Crippen LogP contribution < -0.4 is 9.47 Å². The van der Waals surface area contributed by atoms with Gasteiger partial charge in [0.2, 0.25) is 17.7 Å². The maximum absolute atomic E-state index is 12.3. The zero-order valence-corrected chi connectivity index (χ0v) is 13.8. The number of carbonyl (C=O) groups is 3. The summed E-state index contributed by atoms with van der Waals surface area (Å²) < 4.78 is 15.6. The van der Waals surface area contributed by atoms with E-state index >= 15 is 0 Å². The van der Waals surface area contributed by atoms with Gasteiger partial charge in [-0.25, -0.2) is 0 Å². The SMILES string of the molecule is COc1ccc(COc2ccc3c(c2)C(=O)C(OC(C)=O)C3=O)cc1. The molecule has 0 spiro atoms. The average molecular weight is 340 g/mol. The highest BCUT2D eigenvalue weighted by molar-refractivity contribution is 6.29. The number of Topliss-reactive ketones (excluding diaryl/α,β-unsaturated/α-hetero) is 2. The van der Waals surface area contributed by atoms with Crippen LogP contribution in [-0.4, -0.2) is 30.7 Å². The Bertz CT molecular complexity index is 837. The molecule has 0 aromatic heterocycles. The molecule has 6 heteroatoms. The lowest BCUT2D eigenvalue weighted by Gasteiger charge is -2.08. The number of hydrogen-bond acceptors (Lipinski definition) is 6. The predicted molar refractivity (Wildman–Crippen MR) is 88.0 cm³/mol. The van der Waals surface area contributed by atoms with Gasteiger partial charge in [0, 0.05) is 18.1 Å². The van der Waals surface area contributed by atoms with E-state index in [-0.39, 0.29) is 11.1 Å². The number of esters is 1. The van der Waals surface area contributed by atoms with Crippen molar-refractivity contribution < 1.29 is 28.6 Å². The molecule has 1 unspecified atom stereocenters. The summed E-state index contributed by atoms with van der Waals surface area (Å²) in [6, 6.07) is 12.0. The predicted octanol–water partition coefficient (Wildman–Crippen LogP) is 2.58. The Kier molecular flexibility index (Phi) is 4.52. The molecule has 1 aliphatic rings. The van der Waals surface area contributed by atoms with Crippen molar-refractivity contribution >= 4 is 17.5 Å². The standard InChI is InChI=1S/C19H16O6/c1-11(20)25-19-17(21)15-8-7-14(9-16(15)18(19)22)24-10-12-3-5-13(23-2)6-4-12/h3-9,19H,10H2,1-2H3. The summed E-state index contributed by atoms with van der Waals surface area (Å²) >= 11 is 0. The first kappa shape index (κ1) is 16.7. The molecule has 2 aromatic rings. The van der Waals surface area contributed by atoms with E-state index in [9.17, 15) is 14.4 Å². The minimum absolute atomic E-state index is 0.212. The van der Waals surface area contributed by atoms with Gasteiger partial charge in [0.05, 0.1) is 7.11 Å². The molecule has 0 amide bonds. The number of ketones is 2. The fourth-order valence-corrected chi connectivity index (χ4v) is 2.59. The number of fused-ring (bicyclic) bond motifs is 1.